The fourth-order valence-electron chi connectivity index (χ4n) is 2.75. The molecule has 1 aromatic rings. The van der Waals surface area contributed by atoms with Gasteiger partial charge in [0.15, 0.2) is 0 Å². The summed E-state index contributed by atoms with van der Waals surface area (Å²) in [5.41, 5.74) is 3.70. The first-order chi connectivity index (χ1) is 8.18. The summed E-state index contributed by atoms with van der Waals surface area (Å²) in [5.74, 6) is 0.398. The van der Waals surface area contributed by atoms with E-state index in [4.69, 9.17) is 0 Å². The zero-order chi connectivity index (χ0) is 12.3. The number of hydrogen-bond donors (Lipinski definition) is 1. The summed E-state index contributed by atoms with van der Waals surface area (Å²) < 4.78 is 0. The van der Waals surface area contributed by atoms with Crippen molar-refractivity contribution in [2.45, 2.75) is 45.1 Å². The lowest BCUT2D eigenvalue weighted by Gasteiger charge is -2.21. The average molecular weight is 230 g/mol. The van der Waals surface area contributed by atoms with Gasteiger partial charge in [-0.25, -0.2) is 0 Å². The standard InChI is InChI=1S/C16H22O/c1-12(2)10-11-14-8-5-7-13-6-3-4-9-15(13)16(14)17/h3-4,6,9,14,16-17H,1,5,7-8,10-11H2,2H3. The van der Waals surface area contributed by atoms with Gasteiger partial charge in [-0.2, -0.15) is 0 Å². The molecule has 0 fully saturated rings. The summed E-state index contributed by atoms with van der Waals surface area (Å²) in [6.07, 6.45) is 5.23. The molecule has 1 aromatic carbocycles. The normalized spacial score (nSPS) is 23.9. The Hall–Kier alpha value is -1.08. The highest BCUT2D eigenvalue weighted by Gasteiger charge is 2.25. The van der Waals surface area contributed by atoms with E-state index in [0.717, 1.165) is 31.2 Å². The van der Waals surface area contributed by atoms with Crippen molar-refractivity contribution in [3.8, 4) is 0 Å². The average Bonchev–Trinajstić information content (AvgIpc) is 2.47. The van der Waals surface area contributed by atoms with Crippen molar-refractivity contribution in [2.75, 3.05) is 0 Å². The highest BCUT2D eigenvalue weighted by molar-refractivity contribution is 5.30. The first kappa shape index (κ1) is 12.4. The maximum Gasteiger partial charge on any atom is 0.0820 e. The van der Waals surface area contributed by atoms with Crippen molar-refractivity contribution >= 4 is 0 Å². The highest BCUT2D eigenvalue weighted by Crippen LogP contribution is 2.35. The number of allylic oxidation sites excluding steroid dienone is 1. The molecule has 0 radical (unpaired) electrons. The monoisotopic (exact) mass is 230 g/mol. The van der Waals surface area contributed by atoms with E-state index >= 15 is 0 Å². The summed E-state index contributed by atoms with van der Waals surface area (Å²) in [6.45, 7) is 6.02. The van der Waals surface area contributed by atoms with Gasteiger partial charge < -0.3 is 5.11 Å². The van der Waals surface area contributed by atoms with Crippen LogP contribution in [0.25, 0.3) is 0 Å². The Labute approximate surface area is 104 Å². The fourth-order valence-corrected chi connectivity index (χ4v) is 2.75. The van der Waals surface area contributed by atoms with Gasteiger partial charge in [-0.1, -0.05) is 29.8 Å². The molecule has 92 valence electrons. The molecule has 2 rings (SSSR count). The summed E-state index contributed by atoms with van der Waals surface area (Å²) in [7, 11) is 0. The molecule has 2 atom stereocenters. The molecule has 1 heteroatoms. The lowest BCUT2D eigenvalue weighted by Crippen LogP contribution is -2.12. The molecule has 1 nitrogen and oxygen atoms in total. The number of aliphatic hydroxyl groups excluding tert-OH is 1. The lowest BCUT2D eigenvalue weighted by atomic mass is 9.88. The Morgan fingerprint density at radius 2 is 2.18 bits per heavy atom. The van der Waals surface area contributed by atoms with Crippen LogP contribution in [0.15, 0.2) is 36.4 Å². The van der Waals surface area contributed by atoms with Crippen LogP contribution in [0, 0.1) is 5.92 Å². The fraction of sp³-hybridized carbons (Fsp3) is 0.500. The summed E-state index contributed by atoms with van der Waals surface area (Å²) in [6, 6.07) is 8.34. The van der Waals surface area contributed by atoms with Gasteiger partial charge in [0.05, 0.1) is 6.10 Å². The third-order valence-corrected chi connectivity index (χ3v) is 3.78. The van der Waals surface area contributed by atoms with Crippen LogP contribution in [0.3, 0.4) is 0 Å². The lowest BCUT2D eigenvalue weighted by molar-refractivity contribution is 0.0999. The first-order valence-corrected chi connectivity index (χ1v) is 6.58. The molecule has 0 spiro atoms. The first-order valence-electron chi connectivity index (χ1n) is 6.58. The van der Waals surface area contributed by atoms with Crippen LogP contribution in [-0.4, -0.2) is 5.11 Å². The number of aryl methyl sites for hydroxylation is 1. The molecule has 2 unspecified atom stereocenters. The van der Waals surface area contributed by atoms with Crippen LogP contribution in [0.5, 0.6) is 0 Å². The molecule has 17 heavy (non-hydrogen) atoms. The van der Waals surface area contributed by atoms with Crippen LogP contribution in [-0.2, 0) is 6.42 Å². The van der Waals surface area contributed by atoms with Crippen LogP contribution in [0.4, 0.5) is 0 Å². The maximum atomic E-state index is 10.5. The minimum Gasteiger partial charge on any atom is -0.388 e. The smallest absolute Gasteiger partial charge is 0.0820 e. The van der Waals surface area contributed by atoms with Crippen molar-refractivity contribution in [3.05, 3.63) is 47.5 Å². The van der Waals surface area contributed by atoms with Crippen molar-refractivity contribution in [2.24, 2.45) is 5.92 Å². The molecule has 0 aromatic heterocycles. The van der Waals surface area contributed by atoms with Gasteiger partial charge in [-0.3, -0.25) is 0 Å². The van der Waals surface area contributed by atoms with E-state index in [1.165, 1.54) is 17.6 Å². The Bertz CT molecular complexity index is 394. The van der Waals surface area contributed by atoms with Crippen LogP contribution >= 0.6 is 0 Å². The summed E-state index contributed by atoms with van der Waals surface area (Å²) in [4.78, 5) is 0. The van der Waals surface area contributed by atoms with E-state index < -0.39 is 0 Å². The number of aliphatic hydroxyl groups is 1. The Morgan fingerprint density at radius 1 is 1.41 bits per heavy atom. The zero-order valence-corrected chi connectivity index (χ0v) is 10.7. The van der Waals surface area contributed by atoms with Gasteiger partial charge in [-0.15, -0.1) is 6.58 Å². The van der Waals surface area contributed by atoms with Crippen LogP contribution < -0.4 is 0 Å². The Balaban J connectivity index is 2.14. The second-order valence-corrected chi connectivity index (χ2v) is 5.29. The van der Waals surface area contributed by atoms with E-state index in [1.807, 2.05) is 6.07 Å². The van der Waals surface area contributed by atoms with Gasteiger partial charge in [0, 0.05) is 0 Å². The molecular formula is C16H22O. The number of rotatable bonds is 3. The molecule has 0 saturated heterocycles. The van der Waals surface area contributed by atoms with Crippen molar-refractivity contribution in [1.82, 2.24) is 0 Å². The summed E-state index contributed by atoms with van der Waals surface area (Å²) in [5, 5.41) is 10.5. The molecule has 0 bridgehead atoms. The molecule has 0 aliphatic heterocycles. The van der Waals surface area contributed by atoms with E-state index in [-0.39, 0.29) is 6.10 Å². The molecule has 1 aliphatic rings. The SMILES string of the molecule is C=C(C)CCC1CCCc2ccccc2C1O. The largest absolute Gasteiger partial charge is 0.388 e. The predicted octanol–water partition coefficient (Wildman–Crippen LogP) is 4.03. The number of hydrogen-bond acceptors (Lipinski definition) is 1. The van der Waals surface area contributed by atoms with Crippen LogP contribution in [0.1, 0.15) is 49.8 Å². The Morgan fingerprint density at radius 3 is 2.94 bits per heavy atom. The van der Waals surface area contributed by atoms with Gasteiger partial charge in [0.2, 0.25) is 0 Å². The zero-order valence-electron chi connectivity index (χ0n) is 10.7. The quantitative estimate of drug-likeness (QED) is 0.614. The van der Waals surface area contributed by atoms with Crippen molar-refractivity contribution in [3.63, 3.8) is 0 Å². The highest BCUT2D eigenvalue weighted by atomic mass is 16.3. The molecule has 1 aliphatic carbocycles. The number of fused-ring (bicyclic) bond motifs is 1. The second kappa shape index (κ2) is 5.50. The van der Waals surface area contributed by atoms with Gasteiger partial charge in [0.25, 0.3) is 0 Å². The Kier molecular flexibility index (Phi) is 4.01. The predicted molar refractivity (Wildman–Crippen MR) is 71.9 cm³/mol. The molecule has 0 saturated carbocycles. The topological polar surface area (TPSA) is 20.2 Å². The third-order valence-electron chi connectivity index (χ3n) is 3.78. The van der Waals surface area contributed by atoms with Gasteiger partial charge in [0.1, 0.15) is 0 Å². The summed E-state index contributed by atoms with van der Waals surface area (Å²) >= 11 is 0. The number of benzene rings is 1. The van der Waals surface area contributed by atoms with E-state index in [0.29, 0.717) is 5.92 Å². The van der Waals surface area contributed by atoms with Crippen molar-refractivity contribution in [1.29, 1.82) is 0 Å². The van der Waals surface area contributed by atoms with Gasteiger partial charge in [-0.05, 0) is 56.1 Å². The molecule has 1 N–H and O–H groups in total. The van der Waals surface area contributed by atoms with E-state index in [9.17, 15) is 5.11 Å². The van der Waals surface area contributed by atoms with Gasteiger partial charge >= 0.3 is 0 Å². The molecule has 0 amide bonds. The molecule has 0 heterocycles. The minimum absolute atomic E-state index is 0.284. The van der Waals surface area contributed by atoms with Crippen molar-refractivity contribution < 1.29 is 5.11 Å². The van der Waals surface area contributed by atoms with Crippen LogP contribution in [0.2, 0.25) is 0 Å². The molecular weight excluding hydrogens is 208 g/mol. The maximum absolute atomic E-state index is 10.5. The van der Waals surface area contributed by atoms with E-state index in [2.05, 4.69) is 31.7 Å². The van der Waals surface area contributed by atoms with E-state index in [1.54, 1.807) is 0 Å². The minimum atomic E-state index is -0.284. The second-order valence-electron chi connectivity index (χ2n) is 5.29. The third kappa shape index (κ3) is 2.98.